The van der Waals surface area contributed by atoms with E-state index in [9.17, 15) is 4.79 Å². The van der Waals surface area contributed by atoms with E-state index in [1.807, 2.05) is 31.2 Å². The Kier molecular flexibility index (Phi) is 7.66. The number of hydrogen-bond acceptors (Lipinski definition) is 6. The first kappa shape index (κ1) is 24.8. The van der Waals surface area contributed by atoms with Gasteiger partial charge in [-0.3, -0.25) is 4.79 Å². The molecule has 0 amide bonds. The number of carbonyl (C=O) groups excluding carboxylic acids is 1. The smallest absolute Gasteiger partial charge is 0.305 e. The van der Waals surface area contributed by atoms with Gasteiger partial charge in [-0.15, -0.1) is 0 Å². The van der Waals surface area contributed by atoms with E-state index < -0.39 is 0 Å². The van der Waals surface area contributed by atoms with Gasteiger partial charge in [-0.05, 0) is 66.8 Å². The maximum Gasteiger partial charge on any atom is 0.305 e. The summed E-state index contributed by atoms with van der Waals surface area (Å²) >= 11 is 0. The average Bonchev–Trinajstić information content (AvgIpc) is 3.33. The van der Waals surface area contributed by atoms with Crippen molar-refractivity contribution in [1.29, 1.82) is 0 Å². The quantitative estimate of drug-likeness (QED) is 0.300. The number of carbonyl (C=O) groups is 1. The predicted molar refractivity (Wildman–Crippen MR) is 144 cm³/mol. The summed E-state index contributed by atoms with van der Waals surface area (Å²) in [5.74, 6) is 2.17. The van der Waals surface area contributed by atoms with Crippen molar-refractivity contribution in [1.82, 2.24) is 10.3 Å². The van der Waals surface area contributed by atoms with E-state index in [1.165, 1.54) is 29.4 Å². The van der Waals surface area contributed by atoms with Crippen molar-refractivity contribution in [2.75, 3.05) is 20.3 Å². The SMILES string of the molecule is COC(=O)CCc1ccc(OCCc2nc(-c3ccc(-c4ccccc4)cc3)oc2C)c2c1CNCC2. The highest BCUT2D eigenvalue weighted by Crippen LogP contribution is 2.30. The van der Waals surface area contributed by atoms with Crippen molar-refractivity contribution in [2.45, 2.75) is 39.2 Å². The van der Waals surface area contributed by atoms with Crippen LogP contribution in [0.1, 0.15) is 34.6 Å². The summed E-state index contributed by atoms with van der Waals surface area (Å²) in [7, 11) is 1.43. The molecule has 0 radical (unpaired) electrons. The third-order valence-electron chi connectivity index (χ3n) is 6.89. The molecule has 190 valence electrons. The largest absolute Gasteiger partial charge is 0.493 e. The monoisotopic (exact) mass is 496 g/mol. The molecule has 0 atom stereocenters. The van der Waals surface area contributed by atoms with Gasteiger partial charge in [-0.25, -0.2) is 4.98 Å². The number of esters is 1. The summed E-state index contributed by atoms with van der Waals surface area (Å²) in [5.41, 5.74) is 7.87. The fourth-order valence-corrected chi connectivity index (χ4v) is 4.83. The number of fused-ring (bicyclic) bond motifs is 1. The number of nitrogens with zero attached hydrogens (tertiary/aromatic N) is 1. The highest BCUT2D eigenvalue weighted by atomic mass is 16.5. The second-order valence-corrected chi connectivity index (χ2v) is 9.25. The van der Waals surface area contributed by atoms with Gasteiger partial charge in [-0.2, -0.15) is 0 Å². The Balaban J connectivity index is 1.24. The van der Waals surface area contributed by atoms with Crippen LogP contribution in [0.5, 0.6) is 5.75 Å². The summed E-state index contributed by atoms with van der Waals surface area (Å²) in [4.78, 5) is 16.4. The van der Waals surface area contributed by atoms with Crippen LogP contribution in [0.2, 0.25) is 0 Å². The second kappa shape index (κ2) is 11.4. The fourth-order valence-electron chi connectivity index (χ4n) is 4.83. The van der Waals surface area contributed by atoms with Gasteiger partial charge in [0.25, 0.3) is 0 Å². The lowest BCUT2D eigenvalue weighted by Crippen LogP contribution is -2.25. The summed E-state index contributed by atoms with van der Waals surface area (Å²) in [6.45, 7) is 4.17. The molecule has 5 rings (SSSR count). The van der Waals surface area contributed by atoms with Crippen molar-refractivity contribution < 1.29 is 18.7 Å². The molecule has 2 heterocycles. The van der Waals surface area contributed by atoms with Crippen LogP contribution >= 0.6 is 0 Å². The minimum Gasteiger partial charge on any atom is -0.493 e. The first-order valence-electron chi connectivity index (χ1n) is 12.8. The molecule has 0 spiro atoms. The van der Waals surface area contributed by atoms with Gasteiger partial charge in [0.2, 0.25) is 5.89 Å². The highest BCUT2D eigenvalue weighted by Gasteiger charge is 2.19. The highest BCUT2D eigenvalue weighted by molar-refractivity contribution is 5.69. The van der Waals surface area contributed by atoms with Crippen LogP contribution in [0.25, 0.3) is 22.6 Å². The van der Waals surface area contributed by atoms with Crippen LogP contribution in [0.15, 0.2) is 71.1 Å². The average molecular weight is 497 g/mol. The van der Waals surface area contributed by atoms with Crippen molar-refractivity contribution in [3.63, 3.8) is 0 Å². The molecular formula is C31H32N2O4. The molecule has 0 aliphatic carbocycles. The van der Waals surface area contributed by atoms with Crippen LogP contribution in [0.3, 0.4) is 0 Å². The number of methoxy groups -OCH3 is 1. The van der Waals surface area contributed by atoms with E-state index in [-0.39, 0.29) is 5.97 Å². The Hall–Kier alpha value is -3.90. The van der Waals surface area contributed by atoms with E-state index >= 15 is 0 Å². The van der Waals surface area contributed by atoms with Crippen LogP contribution in [-0.2, 0) is 35.3 Å². The normalized spacial score (nSPS) is 12.7. The first-order chi connectivity index (χ1) is 18.1. The molecule has 1 N–H and O–H groups in total. The Morgan fingerprint density at radius 1 is 0.946 bits per heavy atom. The topological polar surface area (TPSA) is 73.6 Å². The van der Waals surface area contributed by atoms with E-state index in [2.05, 4.69) is 47.8 Å². The molecule has 0 unspecified atom stereocenters. The third kappa shape index (κ3) is 5.75. The van der Waals surface area contributed by atoms with Crippen LogP contribution < -0.4 is 10.1 Å². The molecule has 1 aliphatic heterocycles. The Morgan fingerprint density at radius 2 is 1.70 bits per heavy atom. The molecule has 1 aliphatic rings. The summed E-state index contributed by atoms with van der Waals surface area (Å²) in [6.07, 6.45) is 2.62. The number of nitrogens with one attached hydrogen (secondary N) is 1. The van der Waals surface area contributed by atoms with Crippen LogP contribution in [0, 0.1) is 6.92 Å². The lowest BCUT2D eigenvalue weighted by Gasteiger charge is -2.23. The van der Waals surface area contributed by atoms with Crippen LogP contribution in [-0.4, -0.2) is 31.2 Å². The van der Waals surface area contributed by atoms with E-state index in [4.69, 9.17) is 18.9 Å². The summed E-state index contributed by atoms with van der Waals surface area (Å²) < 4.78 is 17.0. The van der Waals surface area contributed by atoms with Gasteiger partial charge in [-0.1, -0.05) is 48.5 Å². The lowest BCUT2D eigenvalue weighted by molar-refractivity contribution is -0.140. The van der Waals surface area contributed by atoms with Gasteiger partial charge < -0.3 is 19.2 Å². The van der Waals surface area contributed by atoms with Gasteiger partial charge in [0.15, 0.2) is 0 Å². The maximum atomic E-state index is 11.6. The maximum absolute atomic E-state index is 11.6. The lowest BCUT2D eigenvalue weighted by atomic mass is 9.92. The van der Waals surface area contributed by atoms with E-state index in [0.29, 0.717) is 31.8 Å². The number of aryl methyl sites for hydroxylation is 2. The zero-order valence-corrected chi connectivity index (χ0v) is 21.4. The molecule has 4 aromatic rings. The number of ether oxygens (including phenoxy) is 2. The number of oxazole rings is 1. The zero-order chi connectivity index (χ0) is 25.6. The van der Waals surface area contributed by atoms with Crippen molar-refractivity contribution in [3.05, 3.63) is 94.9 Å². The Labute approximate surface area is 217 Å². The minimum absolute atomic E-state index is 0.188. The fraction of sp³-hybridized carbons (Fsp3) is 0.290. The predicted octanol–water partition coefficient (Wildman–Crippen LogP) is 5.69. The van der Waals surface area contributed by atoms with Gasteiger partial charge in [0.1, 0.15) is 11.5 Å². The molecule has 0 bridgehead atoms. The number of aromatic nitrogens is 1. The second-order valence-electron chi connectivity index (χ2n) is 9.25. The van der Waals surface area contributed by atoms with Gasteiger partial charge >= 0.3 is 5.97 Å². The van der Waals surface area contributed by atoms with Crippen molar-refractivity contribution in [2.24, 2.45) is 0 Å². The van der Waals surface area contributed by atoms with E-state index in [1.54, 1.807) is 0 Å². The molecular weight excluding hydrogens is 464 g/mol. The molecule has 1 aromatic heterocycles. The van der Waals surface area contributed by atoms with Crippen LogP contribution in [0.4, 0.5) is 0 Å². The number of benzene rings is 3. The number of rotatable bonds is 9. The molecule has 0 saturated heterocycles. The Morgan fingerprint density at radius 3 is 2.49 bits per heavy atom. The third-order valence-corrected chi connectivity index (χ3v) is 6.89. The summed E-state index contributed by atoms with van der Waals surface area (Å²) in [5, 5.41) is 3.44. The molecule has 0 saturated carbocycles. The Bertz CT molecular complexity index is 1360. The van der Waals surface area contributed by atoms with Gasteiger partial charge in [0, 0.05) is 30.5 Å². The number of hydrogen-bond donors (Lipinski definition) is 1. The van der Waals surface area contributed by atoms with E-state index in [0.717, 1.165) is 47.8 Å². The molecule has 37 heavy (non-hydrogen) atoms. The standard InChI is InChI=1S/C31H32N2O4/c1-21-28(33-31(37-21)25-10-8-23(9-11-25)22-6-4-3-5-7-22)17-19-36-29-14-12-24(13-15-30(34)35-2)27-20-32-18-16-26(27)29/h3-12,14,32H,13,15-20H2,1-2H3. The molecule has 0 fully saturated rings. The van der Waals surface area contributed by atoms with Gasteiger partial charge in [0.05, 0.1) is 19.4 Å². The molecule has 6 heteroatoms. The summed E-state index contributed by atoms with van der Waals surface area (Å²) in [6, 6.07) is 22.7. The zero-order valence-electron chi connectivity index (χ0n) is 21.4. The van der Waals surface area contributed by atoms with Crippen molar-refractivity contribution >= 4 is 5.97 Å². The molecule has 6 nitrogen and oxygen atoms in total. The minimum atomic E-state index is -0.188. The van der Waals surface area contributed by atoms with Crippen molar-refractivity contribution in [3.8, 4) is 28.3 Å². The first-order valence-corrected chi connectivity index (χ1v) is 12.8. The molecule has 3 aromatic carbocycles.